The fraction of sp³-hybridized carbons (Fsp3) is 0.667. The molecule has 1 fully saturated rings. The fourth-order valence-corrected chi connectivity index (χ4v) is 2.60. The average molecular weight is 312 g/mol. The third-order valence-electron chi connectivity index (χ3n) is 3.62. The maximum absolute atomic E-state index is 11.6. The minimum absolute atomic E-state index is 0.0984. The normalized spacial score (nSPS) is 23.4. The predicted molar refractivity (Wildman–Crippen MR) is 81.6 cm³/mol. The maximum Gasteiger partial charge on any atom is 0.317 e. The highest BCUT2D eigenvalue weighted by Gasteiger charge is 2.25. The van der Waals surface area contributed by atoms with E-state index in [4.69, 9.17) is 16.3 Å². The molecule has 1 atom stereocenters. The van der Waals surface area contributed by atoms with Crippen LogP contribution < -0.4 is 10.1 Å². The molecule has 1 aliphatic rings. The predicted octanol–water partition coefficient (Wildman–Crippen LogP) is 2.53. The summed E-state index contributed by atoms with van der Waals surface area (Å²) >= 11 is 5.76. The molecule has 1 aliphatic carbocycles. The number of nitrogens with zero attached hydrogens (tertiary/aromatic N) is 2. The van der Waals surface area contributed by atoms with E-state index in [2.05, 4.69) is 15.3 Å². The number of carbonyl (C=O) groups is 1. The molecule has 0 radical (unpaired) electrons. The monoisotopic (exact) mass is 311 g/mol. The van der Waals surface area contributed by atoms with E-state index in [1.807, 2.05) is 19.9 Å². The van der Waals surface area contributed by atoms with Crippen molar-refractivity contribution in [3.63, 3.8) is 0 Å². The van der Waals surface area contributed by atoms with E-state index in [9.17, 15) is 4.79 Å². The molecule has 116 valence electrons. The summed E-state index contributed by atoms with van der Waals surface area (Å²) in [6, 6.07) is 2.57. The molecule has 2 rings (SSSR count). The zero-order chi connectivity index (χ0) is 15.4. The molecule has 1 aromatic heterocycles. The van der Waals surface area contributed by atoms with Crippen molar-refractivity contribution < 1.29 is 9.53 Å². The highest BCUT2D eigenvalue weighted by atomic mass is 35.5. The van der Waals surface area contributed by atoms with Gasteiger partial charge < -0.3 is 10.1 Å². The SMILES string of the molecule is Cc1cc(C)nc(OC2CCC(NC(=O)C(C)Cl)CC2)n1. The van der Waals surface area contributed by atoms with Gasteiger partial charge in [0.15, 0.2) is 0 Å². The standard InChI is InChI=1S/C15H22ClN3O2/c1-9-8-10(2)18-15(17-9)21-13-6-4-12(5-7-13)19-14(20)11(3)16/h8,11-13H,4-7H2,1-3H3,(H,19,20). The quantitative estimate of drug-likeness (QED) is 0.868. The van der Waals surface area contributed by atoms with Crippen LogP contribution in [0.5, 0.6) is 6.01 Å². The van der Waals surface area contributed by atoms with Gasteiger partial charge in [-0.1, -0.05) is 0 Å². The third-order valence-corrected chi connectivity index (χ3v) is 3.81. The van der Waals surface area contributed by atoms with Crippen molar-refractivity contribution in [2.45, 2.75) is 64.0 Å². The smallest absolute Gasteiger partial charge is 0.317 e. The van der Waals surface area contributed by atoms with E-state index < -0.39 is 5.38 Å². The molecule has 1 heterocycles. The van der Waals surface area contributed by atoms with Crippen molar-refractivity contribution in [3.05, 3.63) is 17.5 Å². The average Bonchev–Trinajstić information content (AvgIpc) is 2.39. The van der Waals surface area contributed by atoms with Gasteiger partial charge in [0.1, 0.15) is 11.5 Å². The molecule has 1 unspecified atom stereocenters. The second-order valence-corrected chi connectivity index (χ2v) is 6.30. The van der Waals surface area contributed by atoms with Gasteiger partial charge in [0, 0.05) is 17.4 Å². The molecule has 0 aromatic carbocycles. The Labute approximate surface area is 130 Å². The van der Waals surface area contributed by atoms with Crippen LogP contribution in [0.2, 0.25) is 0 Å². The van der Waals surface area contributed by atoms with Crippen LogP contribution in [-0.4, -0.2) is 33.4 Å². The number of halogens is 1. The Morgan fingerprint density at radius 1 is 1.29 bits per heavy atom. The first kappa shape index (κ1) is 16.0. The minimum Gasteiger partial charge on any atom is -0.460 e. The van der Waals surface area contributed by atoms with Gasteiger partial charge in [-0.3, -0.25) is 4.79 Å². The number of amides is 1. The lowest BCUT2D eigenvalue weighted by atomic mass is 9.93. The van der Waals surface area contributed by atoms with Crippen LogP contribution >= 0.6 is 11.6 Å². The van der Waals surface area contributed by atoms with Gasteiger partial charge in [-0.15, -0.1) is 11.6 Å². The molecular weight excluding hydrogens is 290 g/mol. The molecule has 0 spiro atoms. The molecule has 1 aromatic rings. The number of ether oxygens (including phenoxy) is 1. The summed E-state index contributed by atoms with van der Waals surface area (Å²) in [6.07, 6.45) is 3.68. The van der Waals surface area contributed by atoms with Gasteiger partial charge in [0.05, 0.1) is 0 Å². The lowest BCUT2D eigenvalue weighted by molar-refractivity contribution is -0.121. The van der Waals surface area contributed by atoms with E-state index in [0.29, 0.717) is 6.01 Å². The number of aromatic nitrogens is 2. The van der Waals surface area contributed by atoms with Gasteiger partial charge in [-0.05, 0) is 52.5 Å². The number of carbonyl (C=O) groups excluding carboxylic acids is 1. The summed E-state index contributed by atoms with van der Waals surface area (Å²) in [7, 11) is 0. The Balaban J connectivity index is 1.82. The first-order chi connectivity index (χ1) is 9.94. The number of hydrogen-bond acceptors (Lipinski definition) is 4. The second-order valence-electron chi connectivity index (χ2n) is 5.65. The summed E-state index contributed by atoms with van der Waals surface area (Å²) in [5, 5.41) is 2.48. The highest BCUT2D eigenvalue weighted by Crippen LogP contribution is 2.22. The van der Waals surface area contributed by atoms with E-state index >= 15 is 0 Å². The number of nitrogens with one attached hydrogen (secondary N) is 1. The van der Waals surface area contributed by atoms with Crippen molar-refractivity contribution in [2.75, 3.05) is 0 Å². The van der Waals surface area contributed by atoms with Gasteiger partial charge >= 0.3 is 6.01 Å². The maximum atomic E-state index is 11.6. The molecule has 5 nitrogen and oxygen atoms in total. The summed E-state index contributed by atoms with van der Waals surface area (Å²) < 4.78 is 5.86. The molecule has 1 saturated carbocycles. The van der Waals surface area contributed by atoms with E-state index in [0.717, 1.165) is 37.1 Å². The van der Waals surface area contributed by atoms with Crippen LogP contribution in [0.3, 0.4) is 0 Å². The summed E-state index contributed by atoms with van der Waals surface area (Å²) in [4.78, 5) is 20.2. The number of alkyl halides is 1. The summed E-state index contributed by atoms with van der Waals surface area (Å²) in [5.74, 6) is -0.0984. The lowest BCUT2D eigenvalue weighted by Crippen LogP contribution is -2.42. The zero-order valence-electron chi connectivity index (χ0n) is 12.7. The van der Waals surface area contributed by atoms with Crippen molar-refractivity contribution in [2.24, 2.45) is 0 Å². The fourth-order valence-electron chi connectivity index (χ4n) is 2.54. The van der Waals surface area contributed by atoms with Crippen LogP contribution in [0.4, 0.5) is 0 Å². The minimum atomic E-state index is -0.484. The Hall–Kier alpha value is -1.36. The third kappa shape index (κ3) is 4.84. The molecule has 21 heavy (non-hydrogen) atoms. The van der Waals surface area contributed by atoms with Crippen molar-refractivity contribution in [3.8, 4) is 6.01 Å². The Bertz CT molecular complexity index is 479. The first-order valence-corrected chi connectivity index (χ1v) is 7.81. The zero-order valence-corrected chi connectivity index (χ0v) is 13.5. The molecular formula is C15H22ClN3O2. The summed E-state index contributed by atoms with van der Waals surface area (Å²) in [6.45, 7) is 5.55. The van der Waals surface area contributed by atoms with Crippen LogP contribution in [0, 0.1) is 13.8 Å². The Morgan fingerprint density at radius 3 is 2.38 bits per heavy atom. The number of hydrogen-bond donors (Lipinski definition) is 1. The van der Waals surface area contributed by atoms with E-state index in [-0.39, 0.29) is 18.1 Å². The van der Waals surface area contributed by atoms with E-state index in [1.165, 1.54) is 0 Å². The molecule has 1 amide bonds. The van der Waals surface area contributed by atoms with Gasteiger partial charge in [0.2, 0.25) is 5.91 Å². The number of rotatable bonds is 4. The first-order valence-electron chi connectivity index (χ1n) is 7.37. The van der Waals surface area contributed by atoms with Crippen LogP contribution in [0.25, 0.3) is 0 Å². The largest absolute Gasteiger partial charge is 0.460 e. The van der Waals surface area contributed by atoms with Crippen molar-refractivity contribution in [1.82, 2.24) is 15.3 Å². The second kappa shape index (κ2) is 7.07. The van der Waals surface area contributed by atoms with Crippen LogP contribution in [0.1, 0.15) is 44.0 Å². The molecule has 0 saturated heterocycles. The van der Waals surface area contributed by atoms with Gasteiger partial charge in [-0.2, -0.15) is 0 Å². The van der Waals surface area contributed by atoms with Crippen LogP contribution in [-0.2, 0) is 4.79 Å². The van der Waals surface area contributed by atoms with E-state index in [1.54, 1.807) is 6.92 Å². The highest BCUT2D eigenvalue weighted by molar-refractivity contribution is 6.30. The lowest BCUT2D eigenvalue weighted by Gasteiger charge is -2.29. The van der Waals surface area contributed by atoms with Gasteiger partial charge in [-0.25, -0.2) is 9.97 Å². The van der Waals surface area contributed by atoms with Crippen molar-refractivity contribution in [1.29, 1.82) is 0 Å². The van der Waals surface area contributed by atoms with Crippen LogP contribution in [0.15, 0.2) is 6.07 Å². The Kier molecular flexibility index (Phi) is 5.39. The summed E-state index contributed by atoms with van der Waals surface area (Å²) in [5.41, 5.74) is 1.82. The van der Waals surface area contributed by atoms with Gasteiger partial charge in [0.25, 0.3) is 0 Å². The Morgan fingerprint density at radius 2 is 1.86 bits per heavy atom. The molecule has 0 aliphatic heterocycles. The molecule has 0 bridgehead atoms. The molecule has 6 heteroatoms. The topological polar surface area (TPSA) is 64.1 Å². The molecule has 1 N–H and O–H groups in total. The number of aryl methyl sites for hydroxylation is 2. The van der Waals surface area contributed by atoms with Crippen molar-refractivity contribution >= 4 is 17.5 Å².